The van der Waals surface area contributed by atoms with Gasteiger partial charge in [-0.1, -0.05) is 15.9 Å². The molecule has 0 unspecified atom stereocenters. The Balaban J connectivity index is 2.52. The molecule has 0 saturated heterocycles. The summed E-state index contributed by atoms with van der Waals surface area (Å²) in [4.78, 5) is 11.7. The van der Waals surface area contributed by atoms with Crippen LogP contribution in [0.2, 0.25) is 0 Å². The average Bonchev–Trinajstić information content (AvgIpc) is 2.95. The maximum Gasteiger partial charge on any atom is 0.340 e. The quantitative estimate of drug-likeness (QED) is 0.714. The second kappa shape index (κ2) is 6.16. The molecule has 0 saturated carbocycles. The van der Waals surface area contributed by atoms with Crippen LogP contribution >= 0.6 is 31.9 Å². The van der Waals surface area contributed by atoms with Gasteiger partial charge < -0.3 is 4.74 Å². The SMILES string of the molecule is COC(=O)c1cc(Br)cc(Br)c1NS(=O)(=O)c1cn[nH]c1. The highest BCUT2D eigenvalue weighted by Gasteiger charge is 2.22. The van der Waals surface area contributed by atoms with Crippen LogP contribution in [0.3, 0.4) is 0 Å². The van der Waals surface area contributed by atoms with Crippen molar-refractivity contribution in [3.63, 3.8) is 0 Å². The van der Waals surface area contributed by atoms with E-state index in [4.69, 9.17) is 0 Å². The molecular weight excluding hydrogens is 430 g/mol. The molecule has 7 nitrogen and oxygen atoms in total. The van der Waals surface area contributed by atoms with Gasteiger partial charge in [-0.3, -0.25) is 9.82 Å². The van der Waals surface area contributed by atoms with Gasteiger partial charge in [0.15, 0.2) is 0 Å². The third-order valence-electron chi connectivity index (χ3n) is 2.48. The van der Waals surface area contributed by atoms with E-state index in [-0.39, 0.29) is 16.1 Å². The van der Waals surface area contributed by atoms with Crippen LogP contribution in [0, 0.1) is 0 Å². The molecule has 2 rings (SSSR count). The molecule has 0 fully saturated rings. The summed E-state index contributed by atoms with van der Waals surface area (Å²) in [5.41, 5.74) is 0.164. The first-order chi connectivity index (χ1) is 9.85. The Labute approximate surface area is 137 Å². The first-order valence-electron chi connectivity index (χ1n) is 5.44. The molecule has 10 heteroatoms. The normalized spacial score (nSPS) is 11.2. The number of halogens is 2. The Kier molecular flexibility index (Phi) is 4.69. The van der Waals surface area contributed by atoms with Gasteiger partial charge in [-0.25, -0.2) is 13.2 Å². The number of H-pyrrole nitrogens is 1. The molecule has 2 aromatic rings. The topological polar surface area (TPSA) is 101 Å². The second-order valence-electron chi connectivity index (χ2n) is 3.84. The number of benzene rings is 1. The molecule has 1 heterocycles. The number of ether oxygens (including phenoxy) is 1. The lowest BCUT2D eigenvalue weighted by molar-refractivity contribution is 0.0602. The summed E-state index contributed by atoms with van der Waals surface area (Å²) in [5, 5.41) is 6.00. The number of methoxy groups -OCH3 is 1. The molecule has 1 aromatic carbocycles. The van der Waals surface area contributed by atoms with Gasteiger partial charge in [-0.15, -0.1) is 0 Å². The van der Waals surface area contributed by atoms with Crippen molar-refractivity contribution >= 4 is 53.5 Å². The highest BCUT2D eigenvalue weighted by molar-refractivity contribution is 9.11. The minimum absolute atomic E-state index is 0.0480. The van der Waals surface area contributed by atoms with E-state index >= 15 is 0 Å². The minimum atomic E-state index is -3.87. The number of rotatable bonds is 4. The first-order valence-corrected chi connectivity index (χ1v) is 8.51. The average molecular weight is 439 g/mol. The predicted molar refractivity (Wildman–Crippen MR) is 82.6 cm³/mol. The number of carbonyl (C=O) groups excluding carboxylic acids is 1. The molecule has 0 radical (unpaired) electrons. The number of esters is 1. The van der Waals surface area contributed by atoms with Crippen LogP contribution in [0.5, 0.6) is 0 Å². The molecule has 0 atom stereocenters. The molecule has 2 N–H and O–H groups in total. The summed E-state index contributed by atoms with van der Waals surface area (Å²) in [5.74, 6) is -0.665. The van der Waals surface area contributed by atoms with Gasteiger partial charge in [0.2, 0.25) is 0 Å². The van der Waals surface area contributed by atoms with Crippen molar-refractivity contribution in [2.45, 2.75) is 4.90 Å². The molecule has 0 amide bonds. The summed E-state index contributed by atoms with van der Waals surface area (Å²) in [6.45, 7) is 0. The van der Waals surface area contributed by atoms with Crippen LogP contribution in [0.25, 0.3) is 0 Å². The Bertz CT molecular complexity index is 775. The lowest BCUT2D eigenvalue weighted by Gasteiger charge is -2.13. The molecule has 0 bridgehead atoms. The zero-order chi connectivity index (χ0) is 15.6. The number of nitrogens with one attached hydrogen (secondary N) is 2. The fraction of sp³-hybridized carbons (Fsp3) is 0.0909. The van der Waals surface area contributed by atoms with E-state index in [2.05, 4.69) is 51.5 Å². The van der Waals surface area contributed by atoms with Gasteiger partial charge in [0.05, 0.1) is 24.6 Å². The van der Waals surface area contributed by atoms with Crippen molar-refractivity contribution < 1.29 is 17.9 Å². The van der Waals surface area contributed by atoms with Crippen molar-refractivity contribution in [1.29, 1.82) is 0 Å². The van der Waals surface area contributed by atoms with Crippen molar-refractivity contribution in [2.24, 2.45) is 0 Å². The van der Waals surface area contributed by atoms with Crippen molar-refractivity contribution in [1.82, 2.24) is 10.2 Å². The Morgan fingerprint density at radius 1 is 1.38 bits per heavy atom. The number of aromatic amines is 1. The van der Waals surface area contributed by atoms with Crippen LogP contribution in [0.4, 0.5) is 5.69 Å². The lowest BCUT2D eigenvalue weighted by Crippen LogP contribution is -2.16. The first kappa shape index (κ1) is 16.0. The summed E-state index contributed by atoms with van der Waals surface area (Å²) < 4.78 is 32.4. The monoisotopic (exact) mass is 437 g/mol. The maximum absolute atomic E-state index is 12.2. The number of aromatic nitrogens is 2. The van der Waals surface area contributed by atoms with Crippen LogP contribution in [-0.4, -0.2) is 31.7 Å². The predicted octanol–water partition coefficient (Wildman–Crippen LogP) is 2.52. The van der Waals surface area contributed by atoms with Gasteiger partial charge >= 0.3 is 5.97 Å². The standard InChI is InChI=1S/C11H9Br2N3O4S/c1-20-11(17)8-2-6(12)3-9(13)10(8)16-21(18,19)7-4-14-15-5-7/h2-5,16H,1H3,(H,14,15). The Morgan fingerprint density at radius 2 is 2.10 bits per heavy atom. The number of nitrogens with zero attached hydrogens (tertiary/aromatic N) is 1. The fourth-order valence-corrected chi connectivity index (χ4v) is 3.99. The molecular formula is C11H9Br2N3O4S. The van der Waals surface area contributed by atoms with E-state index in [1.807, 2.05) is 0 Å². The van der Waals surface area contributed by atoms with E-state index in [0.717, 1.165) is 6.20 Å². The lowest BCUT2D eigenvalue weighted by atomic mass is 10.2. The molecule has 0 spiro atoms. The van der Waals surface area contributed by atoms with Crippen molar-refractivity contribution in [3.05, 3.63) is 39.0 Å². The molecule has 1 aromatic heterocycles. The van der Waals surface area contributed by atoms with Crippen LogP contribution < -0.4 is 4.72 Å². The number of anilines is 1. The Morgan fingerprint density at radius 3 is 2.67 bits per heavy atom. The number of hydrogen-bond acceptors (Lipinski definition) is 5. The van der Waals surface area contributed by atoms with Gasteiger partial charge in [0, 0.05) is 15.1 Å². The summed E-state index contributed by atoms with van der Waals surface area (Å²) in [7, 11) is -2.65. The highest BCUT2D eigenvalue weighted by atomic mass is 79.9. The number of hydrogen-bond donors (Lipinski definition) is 2. The van der Waals surface area contributed by atoms with Gasteiger partial charge in [-0.05, 0) is 28.1 Å². The van der Waals surface area contributed by atoms with E-state index in [0.29, 0.717) is 8.95 Å². The van der Waals surface area contributed by atoms with Crippen LogP contribution in [0.1, 0.15) is 10.4 Å². The zero-order valence-electron chi connectivity index (χ0n) is 10.6. The largest absolute Gasteiger partial charge is 0.465 e. The minimum Gasteiger partial charge on any atom is -0.465 e. The van der Waals surface area contributed by atoms with Crippen LogP contribution in [-0.2, 0) is 14.8 Å². The number of sulfonamides is 1. The van der Waals surface area contributed by atoms with Crippen molar-refractivity contribution in [3.8, 4) is 0 Å². The molecule has 112 valence electrons. The van der Waals surface area contributed by atoms with E-state index in [1.54, 1.807) is 6.07 Å². The molecule has 21 heavy (non-hydrogen) atoms. The molecule has 0 aliphatic heterocycles. The third kappa shape index (κ3) is 3.44. The smallest absolute Gasteiger partial charge is 0.340 e. The molecule has 0 aliphatic rings. The summed E-state index contributed by atoms with van der Waals surface area (Å²) in [6, 6.07) is 3.07. The Hall–Kier alpha value is -1.39. The third-order valence-corrected chi connectivity index (χ3v) is 4.88. The summed E-state index contributed by atoms with van der Waals surface area (Å²) >= 11 is 6.46. The maximum atomic E-state index is 12.2. The van der Waals surface area contributed by atoms with E-state index in [1.165, 1.54) is 19.4 Å². The molecule has 0 aliphatic carbocycles. The van der Waals surface area contributed by atoms with E-state index < -0.39 is 16.0 Å². The second-order valence-corrected chi connectivity index (χ2v) is 7.29. The zero-order valence-corrected chi connectivity index (χ0v) is 14.5. The fourth-order valence-electron chi connectivity index (χ4n) is 1.53. The van der Waals surface area contributed by atoms with Gasteiger partial charge in [0.25, 0.3) is 10.0 Å². The number of carbonyl (C=O) groups is 1. The van der Waals surface area contributed by atoms with Crippen LogP contribution in [0.15, 0.2) is 38.4 Å². The highest BCUT2D eigenvalue weighted by Crippen LogP contribution is 2.32. The van der Waals surface area contributed by atoms with Gasteiger partial charge in [0.1, 0.15) is 4.90 Å². The summed E-state index contributed by atoms with van der Waals surface area (Å²) in [6.07, 6.45) is 2.39. The van der Waals surface area contributed by atoms with Gasteiger partial charge in [-0.2, -0.15) is 5.10 Å². The van der Waals surface area contributed by atoms with Crippen molar-refractivity contribution in [2.75, 3.05) is 11.8 Å². The van der Waals surface area contributed by atoms with E-state index in [9.17, 15) is 13.2 Å².